The first-order valence-corrected chi connectivity index (χ1v) is 12.7. The van der Waals surface area contributed by atoms with Crippen LogP contribution in [0.3, 0.4) is 0 Å². The Labute approximate surface area is 204 Å². The molecule has 1 heterocycles. The molecule has 1 amide bonds. The molecule has 0 saturated carbocycles. The number of aryl methyl sites for hydroxylation is 1. The molecule has 35 heavy (non-hydrogen) atoms. The highest BCUT2D eigenvalue weighted by Gasteiger charge is 2.25. The van der Waals surface area contributed by atoms with E-state index in [1.165, 1.54) is 24.3 Å². The number of aromatic nitrogens is 1. The van der Waals surface area contributed by atoms with Crippen molar-refractivity contribution < 1.29 is 31.2 Å². The van der Waals surface area contributed by atoms with Crippen molar-refractivity contribution in [3.05, 3.63) is 52.4 Å². The van der Waals surface area contributed by atoms with Crippen LogP contribution in [0.4, 0.5) is 10.4 Å². The first-order chi connectivity index (χ1) is 16.3. The number of pyridine rings is 1. The smallest absolute Gasteiger partial charge is 0.275 e. The summed E-state index contributed by atoms with van der Waals surface area (Å²) in [7, 11) is -8.28. The van der Waals surface area contributed by atoms with Gasteiger partial charge in [-0.2, -0.15) is 0 Å². The van der Waals surface area contributed by atoms with Crippen molar-refractivity contribution >= 4 is 37.4 Å². The maximum atomic E-state index is 12.8. The Balaban J connectivity index is 0.00000398. The molecule has 0 spiro atoms. The third kappa shape index (κ3) is 8.56. The lowest BCUT2D eigenvalue weighted by Gasteiger charge is -2.14. The fourth-order valence-electron chi connectivity index (χ4n) is 2.68. The van der Waals surface area contributed by atoms with Crippen molar-refractivity contribution in [3.63, 3.8) is 0 Å². The van der Waals surface area contributed by atoms with Crippen LogP contribution in [0.5, 0.6) is 0 Å². The molecule has 0 aliphatic carbocycles. The van der Waals surface area contributed by atoms with Crippen LogP contribution < -0.4 is 27.1 Å². The van der Waals surface area contributed by atoms with E-state index in [1.807, 2.05) is 0 Å². The number of carbonyl (C=O) groups excluding carboxylic acids is 1. The molecule has 0 radical (unpaired) electrons. The van der Waals surface area contributed by atoms with E-state index >= 15 is 0 Å². The largest absolute Gasteiger partial charge is 0.391 e. The topological polar surface area (TPSA) is 205 Å². The zero-order valence-corrected chi connectivity index (χ0v) is 19.8. The number of rotatable bonds is 10. The Morgan fingerprint density at radius 2 is 1.74 bits per heavy atom. The second-order valence-electron chi connectivity index (χ2n) is 6.80. The molecule has 0 aliphatic rings. The molecule has 2 rings (SSSR count). The second-order valence-corrected chi connectivity index (χ2v) is 10.4. The summed E-state index contributed by atoms with van der Waals surface area (Å²) in [6.07, 6.45) is 0.876. The van der Waals surface area contributed by atoms with E-state index in [2.05, 4.69) is 16.6 Å². The van der Waals surface area contributed by atoms with Crippen molar-refractivity contribution in [2.75, 3.05) is 24.1 Å². The molecule has 0 saturated heterocycles. The quantitative estimate of drug-likeness (QED) is 0.133. The van der Waals surface area contributed by atoms with Gasteiger partial charge < -0.3 is 26.2 Å². The van der Waals surface area contributed by atoms with E-state index in [-0.39, 0.29) is 32.2 Å². The summed E-state index contributed by atoms with van der Waals surface area (Å²) in [6, 6.07) is 7.68. The van der Waals surface area contributed by atoms with Gasteiger partial charge in [0.05, 0.1) is 11.4 Å². The van der Waals surface area contributed by atoms with Crippen molar-refractivity contribution in [1.82, 2.24) is 9.88 Å². The predicted molar refractivity (Wildman–Crippen MR) is 130 cm³/mol. The highest BCUT2D eigenvalue weighted by Crippen LogP contribution is 2.22. The number of nitrogens with zero attached hydrogens (tertiary/aromatic N) is 2. The summed E-state index contributed by atoms with van der Waals surface area (Å²) in [4.78, 5) is 28.8. The van der Waals surface area contributed by atoms with Crippen LogP contribution in [0.15, 0.2) is 56.1 Å². The number of sulfonamides is 1. The first-order valence-electron chi connectivity index (χ1n) is 9.70. The predicted octanol–water partition coefficient (Wildman–Crippen LogP) is -0.529. The van der Waals surface area contributed by atoms with Gasteiger partial charge in [-0.1, -0.05) is 19.6 Å². The van der Waals surface area contributed by atoms with E-state index in [4.69, 9.17) is 21.0 Å². The molecule has 0 aliphatic heterocycles. The van der Waals surface area contributed by atoms with Gasteiger partial charge in [0.25, 0.3) is 17.0 Å². The van der Waals surface area contributed by atoms with E-state index in [0.717, 1.165) is 23.0 Å². The Bertz CT molecular complexity index is 1340. The molecule has 13 nitrogen and oxygen atoms in total. The molecule has 6 N–H and O–H groups in total. The van der Waals surface area contributed by atoms with Crippen molar-refractivity contribution in [2.45, 2.75) is 30.7 Å². The van der Waals surface area contributed by atoms with Crippen LogP contribution in [0.2, 0.25) is 0 Å². The van der Waals surface area contributed by atoms with Gasteiger partial charge in [0.1, 0.15) is 23.7 Å². The van der Waals surface area contributed by atoms with Gasteiger partial charge in [0.15, 0.2) is 9.84 Å². The highest BCUT2D eigenvalue weighted by molar-refractivity contribution is 7.95. The SMILES string of the molecule is C.Cc1ccc(NS(=O)(=O)c2ccccc2S(C)(=O)=O)c(=O)n1CC(=O)NCCON=C(N)N.[3H]F. The number of nitrogens with one attached hydrogen (secondary N) is 2. The molecular formula is C19H29FN6O7S2. The lowest BCUT2D eigenvalue weighted by molar-refractivity contribution is -0.122. The highest BCUT2D eigenvalue weighted by atomic mass is 32.2. The van der Waals surface area contributed by atoms with Crippen LogP contribution in [0, 0.1) is 6.92 Å². The lowest BCUT2D eigenvalue weighted by Crippen LogP contribution is -2.36. The number of nitrogens with two attached hydrogens (primary N) is 2. The number of hydrogen-bond donors (Lipinski definition) is 4. The van der Waals surface area contributed by atoms with Gasteiger partial charge in [0.2, 0.25) is 11.9 Å². The van der Waals surface area contributed by atoms with Crippen molar-refractivity contribution in [2.24, 2.45) is 16.6 Å². The van der Waals surface area contributed by atoms with Gasteiger partial charge >= 0.3 is 0 Å². The number of carbonyl (C=O) groups is 1. The maximum Gasteiger partial charge on any atom is 0.275 e. The Kier molecular flexibility index (Phi) is 10.7. The lowest BCUT2D eigenvalue weighted by atomic mass is 10.3. The van der Waals surface area contributed by atoms with Crippen LogP contribution in [0.1, 0.15) is 13.1 Å². The zero-order valence-electron chi connectivity index (χ0n) is 19.2. The van der Waals surface area contributed by atoms with E-state index < -0.39 is 47.7 Å². The Morgan fingerprint density at radius 1 is 1.14 bits per heavy atom. The minimum Gasteiger partial charge on any atom is -0.391 e. The minimum atomic E-state index is -4.43. The second kappa shape index (κ2) is 12.7. The van der Waals surface area contributed by atoms with Gasteiger partial charge in [-0.15, -0.1) is 0 Å². The minimum absolute atomic E-state index is 0. The van der Waals surface area contributed by atoms with Gasteiger partial charge in [-0.3, -0.25) is 19.0 Å². The number of hydrogen-bond acceptors (Lipinski definition) is 8. The number of halogens is 1. The number of oxime groups is 1. The van der Waals surface area contributed by atoms with Gasteiger partial charge in [-0.25, -0.2) is 16.8 Å². The average molecular weight is 539 g/mol. The van der Waals surface area contributed by atoms with Crippen LogP contribution in [-0.4, -0.2) is 54.1 Å². The summed E-state index contributed by atoms with van der Waals surface area (Å²) < 4.78 is 65.8. The number of guanidine groups is 1. The molecule has 1 aromatic heterocycles. The molecule has 0 bridgehead atoms. The van der Waals surface area contributed by atoms with Crippen molar-refractivity contribution in [3.8, 4) is 0 Å². The molecular weight excluding hydrogens is 507 g/mol. The molecule has 1 aromatic carbocycles. The van der Waals surface area contributed by atoms with Crippen molar-refractivity contribution in [1.29, 1.82) is 1.45 Å². The van der Waals surface area contributed by atoms with E-state index in [1.54, 1.807) is 6.92 Å². The molecule has 196 valence electrons. The summed E-state index contributed by atoms with van der Waals surface area (Å²) in [5.41, 5.74) is 9.44. The molecule has 0 unspecified atom stereocenters. The van der Waals surface area contributed by atoms with Crippen LogP contribution in [0.25, 0.3) is 0 Å². The van der Waals surface area contributed by atoms with E-state index in [9.17, 15) is 26.4 Å². The van der Waals surface area contributed by atoms with Gasteiger partial charge in [-0.05, 0) is 36.3 Å². The average Bonchev–Trinajstić information content (AvgIpc) is 2.79. The zero-order chi connectivity index (χ0) is 26.8. The summed E-state index contributed by atoms with van der Waals surface area (Å²) in [5.74, 6) is -0.821. The standard InChI is InChI=1S/C18H24N6O7S2.CH4.FH/c1-12-7-8-13(17(26)24(12)11-16(25)21-9-10-31-22-18(19)20)23-33(29,30)15-6-4-3-5-14(15)32(2,27)28;;/h3-8,23H,9-11H2,1-2H3,(H,21,25)(H4,19,20,22);1H4;1H/i/hT. The van der Waals surface area contributed by atoms with Gasteiger partial charge in [0, 0.05) is 11.9 Å². The van der Waals surface area contributed by atoms with Crippen LogP contribution in [-0.2, 0) is 36.0 Å². The van der Waals surface area contributed by atoms with E-state index in [0.29, 0.717) is 5.69 Å². The van der Waals surface area contributed by atoms with Crippen LogP contribution >= 0.6 is 0 Å². The molecule has 0 atom stereocenters. The molecule has 2 aromatic rings. The number of benzene rings is 1. The summed E-state index contributed by atoms with van der Waals surface area (Å²) in [5, 5.41) is 5.79. The monoisotopic (exact) mass is 538 g/mol. The third-order valence-electron chi connectivity index (χ3n) is 4.16. The summed E-state index contributed by atoms with van der Waals surface area (Å²) >= 11 is 0. The number of anilines is 1. The number of sulfone groups is 1. The fourth-order valence-corrected chi connectivity index (χ4v) is 5.37. The maximum absolute atomic E-state index is 12.8. The molecule has 16 heteroatoms. The first kappa shape index (κ1) is 29.4. The molecule has 0 fully saturated rings. The Morgan fingerprint density at radius 3 is 2.31 bits per heavy atom. The summed E-state index contributed by atoms with van der Waals surface area (Å²) in [6.45, 7) is 1.20. The fraction of sp³-hybridized carbons (Fsp3) is 0.316. The third-order valence-corrected chi connectivity index (χ3v) is 6.87. The Hall–Kier alpha value is -3.66. The normalized spacial score (nSPS) is 11.0. The number of amides is 1.